The summed E-state index contributed by atoms with van der Waals surface area (Å²) in [6.07, 6.45) is 1.92. The zero-order valence-corrected chi connectivity index (χ0v) is 12.3. The molecule has 1 aliphatic rings. The van der Waals surface area contributed by atoms with Crippen molar-refractivity contribution in [3.05, 3.63) is 23.9 Å². The summed E-state index contributed by atoms with van der Waals surface area (Å²) < 4.78 is 0. The lowest BCUT2D eigenvalue weighted by atomic mass is 9.93. The number of carbonyl (C=O) groups excluding carboxylic acids is 1. The molecule has 2 heterocycles. The summed E-state index contributed by atoms with van der Waals surface area (Å²) in [6, 6.07) is 6.48. The Balaban J connectivity index is 2.03. The van der Waals surface area contributed by atoms with Crippen molar-refractivity contribution in [3.8, 4) is 0 Å². The van der Waals surface area contributed by atoms with Crippen LogP contribution in [0, 0.1) is 5.92 Å². The van der Waals surface area contributed by atoms with Crippen LogP contribution >= 0.6 is 0 Å². The molecule has 2 unspecified atom stereocenters. The van der Waals surface area contributed by atoms with Crippen LogP contribution in [0.2, 0.25) is 0 Å². The number of hydrogen-bond donors (Lipinski definition) is 2. The van der Waals surface area contributed by atoms with Crippen molar-refractivity contribution in [3.63, 3.8) is 0 Å². The number of nitrogens with one attached hydrogen (secondary N) is 1. The Kier molecular flexibility index (Phi) is 4.95. The molecule has 1 aromatic rings. The van der Waals surface area contributed by atoms with Crippen LogP contribution in [0.15, 0.2) is 18.2 Å². The number of anilines is 1. The van der Waals surface area contributed by atoms with Crippen LogP contribution < -0.4 is 11.1 Å². The molecule has 0 saturated carbocycles. The van der Waals surface area contributed by atoms with Gasteiger partial charge < -0.3 is 11.1 Å². The number of amides is 1. The molecule has 0 aromatic carbocycles. The van der Waals surface area contributed by atoms with Gasteiger partial charge in [0, 0.05) is 25.7 Å². The summed E-state index contributed by atoms with van der Waals surface area (Å²) in [5, 5.41) is 3.22. The Hall–Kier alpha value is -1.62. The average Bonchev–Trinajstić information content (AvgIpc) is 2.42. The van der Waals surface area contributed by atoms with Gasteiger partial charge in [-0.05, 0) is 38.8 Å². The fourth-order valence-electron chi connectivity index (χ4n) is 2.69. The quantitative estimate of drug-likeness (QED) is 0.857. The normalized spacial score (nSPS) is 23.5. The lowest BCUT2D eigenvalue weighted by molar-refractivity contribution is -0.124. The molecule has 0 spiro atoms. The van der Waals surface area contributed by atoms with Gasteiger partial charge in [0.2, 0.25) is 5.91 Å². The summed E-state index contributed by atoms with van der Waals surface area (Å²) in [6.45, 7) is 6.62. The zero-order valence-electron chi connectivity index (χ0n) is 12.3. The Labute approximate surface area is 120 Å². The van der Waals surface area contributed by atoms with Gasteiger partial charge in [-0.25, -0.2) is 4.98 Å². The van der Waals surface area contributed by atoms with E-state index in [4.69, 9.17) is 5.73 Å². The van der Waals surface area contributed by atoms with Crippen LogP contribution in [-0.4, -0.2) is 34.9 Å². The molecule has 3 N–H and O–H groups in total. The van der Waals surface area contributed by atoms with Crippen LogP contribution in [-0.2, 0) is 11.3 Å². The van der Waals surface area contributed by atoms with Gasteiger partial charge in [-0.2, -0.15) is 0 Å². The minimum absolute atomic E-state index is 0.0249. The van der Waals surface area contributed by atoms with Gasteiger partial charge in [0.15, 0.2) is 0 Å². The number of hydrogen-bond acceptors (Lipinski definition) is 4. The fourth-order valence-corrected chi connectivity index (χ4v) is 2.69. The molecule has 0 radical (unpaired) electrons. The Morgan fingerprint density at radius 3 is 3.00 bits per heavy atom. The number of rotatable bonds is 5. The highest BCUT2D eigenvalue weighted by Gasteiger charge is 2.28. The second-order valence-corrected chi connectivity index (χ2v) is 5.50. The topological polar surface area (TPSA) is 71.2 Å². The number of nitrogens with two attached hydrogens (primary N) is 1. The number of aromatic nitrogens is 1. The van der Waals surface area contributed by atoms with E-state index in [-0.39, 0.29) is 11.8 Å². The standard InChI is InChI=1S/C15H24N4O/c1-3-17-14-6-4-5-13(18-14)10-19-9-12(15(16)20)8-7-11(19)2/h4-6,11-12H,3,7-10H2,1-2H3,(H2,16,20)(H,17,18). The number of pyridine rings is 1. The van der Waals surface area contributed by atoms with Crippen molar-refractivity contribution in [1.82, 2.24) is 9.88 Å². The fraction of sp³-hybridized carbons (Fsp3) is 0.600. The van der Waals surface area contributed by atoms with Crippen LogP contribution in [0.1, 0.15) is 32.4 Å². The van der Waals surface area contributed by atoms with Crippen molar-refractivity contribution in [1.29, 1.82) is 0 Å². The van der Waals surface area contributed by atoms with Gasteiger partial charge >= 0.3 is 0 Å². The number of primary amides is 1. The predicted molar refractivity (Wildman–Crippen MR) is 80.2 cm³/mol. The summed E-state index contributed by atoms with van der Waals surface area (Å²) in [5.41, 5.74) is 6.47. The monoisotopic (exact) mass is 276 g/mol. The van der Waals surface area contributed by atoms with E-state index in [2.05, 4.69) is 29.0 Å². The van der Waals surface area contributed by atoms with E-state index in [0.717, 1.165) is 44.0 Å². The van der Waals surface area contributed by atoms with E-state index in [0.29, 0.717) is 6.04 Å². The van der Waals surface area contributed by atoms with E-state index in [1.54, 1.807) is 0 Å². The minimum Gasteiger partial charge on any atom is -0.370 e. The first-order valence-electron chi connectivity index (χ1n) is 7.33. The predicted octanol–water partition coefficient (Wildman–Crippen LogP) is 1.60. The Morgan fingerprint density at radius 1 is 1.50 bits per heavy atom. The molecule has 0 aliphatic carbocycles. The van der Waals surface area contributed by atoms with Crippen LogP contribution in [0.25, 0.3) is 0 Å². The highest BCUT2D eigenvalue weighted by molar-refractivity contribution is 5.76. The first-order valence-corrected chi connectivity index (χ1v) is 7.33. The molecular formula is C15H24N4O. The lowest BCUT2D eigenvalue weighted by Gasteiger charge is -2.36. The first kappa shape index (κ1) is 14.8. The van der Waals surface area contributed by atoms with E-state index in [1.165, 1.54) is 0 Å². The van der Waals surface area contributed by atoms with Crippen LogP contribution in [0.5, 0.6) is 0 Å². The number of piperidine rings is 1. The molecule has 1 saturated heterocycles. The van der Waals surface area contributed by atoms with E-state index < -0.39 is 0 Å². The second-order valence-electron chi connectivity index (χ2n) is 5.50. The van der Waals surface area contributed by atoms with Crippen molar-refractivity contribution in [2.75, 3.05) is 18.4 Å². The third kappa shape index (κ3) is 3.70. The molecule has 110 valence electrons. The van der Waals surface area contributed by atoms with E-state index in [9.17, 15) is 4.79 Å². The highest BCUT2D eigenvalue weighted by atomic mass is 16.1. The molecule has 1 amide bonds. The van der Waals surface area contributed by atoms with Gasteiger partial charge in [0.1, 0.15) is 5.82 Å². The minimum atomic E-state index is -0.184. The molecular weight excluding hydrogens is 252 g/mol. The van der Waals surface area contributed by atoms with Gasteiger partial charge in [-0.3, -0.25) is 9.69 Å². The molecule has 5 nitrogen and oxygen atoms in total. The molecule has 1 aromatic heterocycles. The van der Waals surface area contributed by atoms with Gasteiger partial charge in [0.25, 0.3) is 0 Å². The van der Waals surface area contributed by atoms with Crippen molar-refractivity contribution < 1.29 is 4.79 Å². The zero-order chi connectivity index (χ0) is 14.5. The van der Waals surface area contributed by atoms with Crippen molar-refractivity contribution in [2.24, 2.45) is 11.7 Å². The Morgan fingerprint density at radius 2 is 2.30 bits per heavy atom. The van der Waals surface area contributed by atoms with Gasteiger partial charge in [0.05, 0.1) is 11.6 Å². The van der Waals surface area contributed by atoms with Crippen molar-refractivity contribution >= 4 is 11.7 Å². The molecule has 20 heavy (non-hydrogen) atoms. The Bertz CT molecular complexity index is 463. The summed E-state index contributed by atoms with van der Waals surface area (Å²) >= 11 is 0. The third-order valence-corrected chi connectivity index (χ3v) is 3.94. The van der Waals surface area contributed by atoms with Gasteiger partial charge in [-0.1, -0.05) is 6.07 Å². The summed E-state index contributed by atoms with van der Waals surface area (Å²) in [4.78, 5) is 18.3. The number of likely N-dealkylation sites (tertiary alicyclic amines) is 1. The van der Waals surface area contributed by atoms with E-state index in [1.807, 2.05) is 18.2 Å². The largest absolute Gasteiger partial charge is 0.370 e. The molecule has 2 atom stereocenters. The maximum absolute atomic E-state index is 11.4. The molecule has 1 aliphatic heterocycles. The maximum atomic E-state index is 11.4. The summed E-state index contributed by atoms with van der Waals surface area (Å²) in [7, 11) is 0. The third-order valence-electron chi connectivity index (χ3n) is 3.94. The van der Waals surface area contributed by atoms with Crippen LogP contribution in [0.4, 0.5) is 5.82 Å². The molecule has 2 rings (SSSR count). The number of carbonyl (C=O) groups is 1. The molecule has 5 heteroatoms. The lowest BCUT2D eigenvalue weighted by Crippen LogP contribution is -2.45. The summed E-state index contributed by atoms with van der Waals surface area (Å²) in [5.74, 6) is 0.695. The number of nitrogens with zero attached hydrogens (tertiary/aromatic N) is 2. The van der Waals surface area contributed by atoms with E-state index >= 15 is 0 Å². The maximum Gasteiger partial charge on any atom is 0.221 e. The van der Waals surface area contributed by atoms with Crippen molar-refractivity contribution in [2.45, 2.75) is 39.3 Å². The van der Waals surface area contributed by atoms with Gasteiger partial charge in [-0.15, -0.1) is 0 Å². The first-order chi connectivity index (χ1) is 9.60. The average molecular weight is 276 g/mol. The SMILES string of the molecule is CCNc1cccc(CN2CC(C(N)=O)CCC2C)n1. The molecule has 1 fully saturated rings. The molecule has 0 bridgehead atoms. The highest BCUT2D eigenvalue weighted by Crippen LogP contribution is 2.23. The smallest absolute Gasteiger partial charge is 0.221 e. The van der Waals surface area contributed by atoms with Crippen LogP contribution in [0.3, 0.4) is 0 Å². The second kappa shape index (κ2) is 6.70.